The Balaban J connectivity index is 2.09. The van der Waals surface area contributed by atoms with E-state index in [1.807, 2.05) is 0 Å². The largest absolute Gasteiger partial charge is 0.387 e. The maximum Gasteiger partial charge on any atom is 0.276 e. The van der Waals surface area contributed by atoms with Gasteiger partial charge < -0.3 is 5.32 Å². The summed E-state index contributed by atoms with van der Waals surface area (Å²) >= 11 is 1.37. The molecule has 0 bridgehead atoms. The van der Waals surface area contributed by atoms with E-state index in [1.54, 1.807) is 37.0 Å². The molecule has 2 N–H and O–H groups in total. The predicted octanol–water partition coefficient (Wildman–Crippen LogP) is 1.83. The summed E-state index contributed by atoms with van der Waals surface area (Å²) in [4.78, 5) is 19.7. The first-order valence-electron chi connectivity index (χ1n) is 4.64. The number of anilines is 2. The van der Waals surface area contributed by atoms with E-state index in [9.17, 15) is 4.79 Å². The highest BCUT2D eigenvalue weighted by molar-refractivity contribution is 7.13. The summed E-state index contributed by atoms with van der Waals surface area (Å²) in [6.45, 7) is 0. The first-order chi connectivity index (χ1) is 7.79. The lowest BCUT2D eigenvalue weighted by Crippen LogP contribution is -2.13. The molecule has 0 saturated heterocycles. The highest BCUT2D eigenvalue weighted by Gasteiger charge is 2.08. The first-order valence-corrected chi connectivity index (χ1v) is 5.52. The lowest BCUT2D eigenvalue weighted by molar-refractivity contribution is 0.102. The fourth-order valence-electron chi connectivity index (χ4n) is 1.12. The Bertz CT molecular complexity index is 466. The van der Waals surface area contributed by atoms with Gasteiger partial charge in [-0.2, -0.15) is 0 Å². The quantitative estimate of drug-likeness (QED) is 0.850. The fraction of sp³-hybridized carbons (Fsp3) is 0.100. The SMILES string of the molecule is CNc1ccc(C(=O)Nc2nccs2)nc1. The van der Waals surface area contributed by atoms with E-state index in [4.69, 9.17) is 0 Å². The minimum atomic E-state index is -0.252. The van der Waals surface area contributed by atoms with Crippen molar-refractivity contribution in [3.8, 4) is 0 Å². The van der Waals surface area contributed by atoms with E-state index in [0.29, 0.717) is 10.8 Å². The number of nitrogens with zero attached hydrogens (tertiary/aromatic N) is 2. The summed E-state index contributed by atoms with van der Waals surface area (Å²) in [5.41, 5.74) is 1.24. The Labute approximate surface area is 96.6 Å². The van der Waals surface area contributed by atoms with E-state index in [-0.39, 0.29) is 5.91 Å². The van der Waals surface area contributed by atoms with Gasteiger partial charge in [-0.3, -0.25) is 10.1 Å². The minimum Gasteiger partial charge on any atom is -0.387 e. The van der Waals surface area contributed by atoms with Crippen molar-refractivity contribution < 1.29 is 4.79 Å². The molecule has 1 amide bonds. The number of rotatable bonds is 3. The summed E-state index contributed by atoms with van der Waals surface area (Å²) in [6.07, 6.45) is 3.24. The van der Waals surface area contributed by atoms with Crippen molar-refractivity contribution in [2.45, 2.75) is 0 Å². The molecule has 0 saturated carbocycles. The van der Waals surface area contributed by atoms with Crippen molar-refractivity contribution in [2.24, 2.45) is 0 Å². The Hall–Kier alpha value is -1.95. The van der Waals surface area contributed by atoms with Gasteiger partial charge in [0.15, 0.2) is 5.13 Å². The molecular weight excluding hydrogens is 224 g/mol. The maximum absolute atomic E-state index is 11.7. The second-order valence-corrected chi connectivity index (χ2v) is 3.87. The van der Waals surface area contributed by atoms with Crippen LogP contribution in [-0.4, -0.2) is 22.9 Å². The van der Waals surface area contributed by atoms with Crippen LogP contribution in [0.25, 0.3) is 0 Å². The van der Waals surface area contributed by atoms with Crippen molar-refractivity contribution in [2.75, 3.05) is 17.7 Å². The molecule has 0 fully saturated rings. The van der Waals surface area contributed by atoms with Crippen molar-refractivity contribution >= 4 is 28.1 Å². The number of aromatic nitrogens is 2. The zero-order valence-corrected chi connectivity index (χ0v) is 9.41. The van der Waals surface area contributed by atoms with Gasteiger partial charge in [0.1, 0.15) is 5.69 Å². The molecule has 0 aliphatic heterocycles. The zero-order valence-electron chi connectivity index (χ0n) is 8.60. The van der Waals surface area contributed by atoms with Crippen LogP contribution in [0.5, 0.6) is 0 Å². The number of pyridine rings is 1. The molecule has 2 aromatic heterocycles. The zero-order chi connectivity index (χ0) is 11.4. The molecule has 2 heterocycles. The number of amides is 1. The van der Waals surface area contributed by atoms with Crippen LogP contribution in [0.15, 0.2) is 29.9 Å². The number of hydrogen-bond acceptors (Lipinski definition) is 5. The van der Waals surface area contributed by atoms with Gasteiger partial charge >= 0.3 is 0 Å². The van der Waals surface area contributed by atoms with Crippen LogP contribution >= 0.6 is 11.3 Å². The molecule has 0 radical (unpaired) electrons. The normalized spacial score (nSPS) is 9.81. The second-order valence-electron chi connectivity index (χ2n) is 2.97. The number of thiazole rings is 1. The summed E-state index contributed by atoms with van der Waals surface area (Å²) in [7, 11) is 1.80. The average Bonchev–Trinajstić information content (AvgIpc) is 2.82. The molecule has 2 aromatic rings. The van der Waals surface area contributed by atoms with Crippen molar-refractivity contribution in [3.63, 3.8) is 0 Å². The highest BCUT2D eigenvalue weighted by atomic mass is 32.1. The Morgan fingerprint density at radius 3 is 2.81 bits per heavy atom. The lowest BCUT2D eigenvalue weighted by atomic mass is 10.3. The lowest BCUT2D eigenvalue weighted by Gasteiger charge is -2.02. The van der Waals surface area contributed by atoms with Gasteiger partial charge in [0.2, 0.25) is 0 Å². The minimum absolute atomic E-state index is 0.252. The summed E-state index contributed by atoms with van der Waals surface area (Å²) < 4.78 is 0. The first kappa shape index (κ1) is 10.6. The molecule has 16 heavy (non-hydrogen) atoms. The molecule has 0 aliphatic carbocycles. The topological polar surface area (TPSA) is 66.9 Å². The predicted molar refractivity (Wildman–Crippen MR) is 63.9 cm³/mol. The van der Waals surface area contributed by atoms with Gasteiger partial charge in [-0.05, 0) is 12.1 Å². The molecule has 0 aliphatic rings. The highest BCUT2D eigenvalue weighted by Crippen LogP contribution is 2.12. The van der Waals surface area contributed by atoms with E-state index in [0.717, 1.165) is 5.69 Å². The number of hydrogen-bond donors (Lipinski definition) is 2. The smallest absolute Gasteiger partial charge is 0.276 e. The van der Waals surface area contributed by atoms with Crippen LogP contribution in [0, 0.1) is 0 Å². The summed E-state index contributed by atoms with van der Waals surface area (Å²) in [5, 5.41) is 7.97. The molecule has 0 unspecified atom stereocenters. The molecule has 2 rings (SSSR count). The van der Waals surface area contributed by atoms with Gasteiger partial charge in [0, 0.05) is 18.6 Å². The number of carbonyl (C=O) groups excluding carboxylic acids is 1. The molecule has 0 atom stereocenters. The van der Waals surface area contributed by atoms with Gasteiger partial charge in [0.25, 0.3) is 5.91 Å². The number of carbonyl (C=O) groups is 1. The van der Waals surface area contributed by atoms with E-state index in [1.165, 1.54) is 11.3 Å². The molecule has 0 spiro atoms. The second kappa shape index (κ2) is 4.71. The van der Waals surface area contributed by atoms with E-state index in [2.05, 4.69) is 20.6 Å². The Morgan fingerprint density at radius 2 is 2.25 bits per heavy atom. The van der Waals surface area contributed by atoms with Crippen LogP contribution in [0.3, 0.4) is 0 Å². The van der Waals surface area contributed by atoms with Crippen LogP contribution in [-0.2, 0) is 0 Å². The standard InChI is InChI=1S/C10H10N4OS/c1-11-7-2-3-8(13-6-7)9(15)14-10-12-4-5-16-10/h2-6,11H,1H3,(H,12,14,15). The van der Waals surface area contributed by atoms with E-state index >= 15 is 0 Å². The molecule has 0 aromatic carbocycles. The van der Waals surface area contributed by atoms with Crippen LogP contribution in [0.4, 0.5) is 10.8 Å². The summed E-state index contributed by atoms with van der Waals surface area (Å²) in [6, 6.07) is 3.46. The van der Waals surface area contributed by atoms with Gasteiger partial charge in [-0.25, -0.2) is 9.97 Å². The van der Waals surface area contributed by atoms with Crippen LogP contribution in [0.2, 0.25) is 0 Å². The molecular formula is C10H10N4OS. The molecule has 6 heteroatoms. The third-order valence-electron chi connectivity index (χ3n) is 1.94. The van der Waals surface area contributed by atoms with E-state index < -0.39 is 0 Å². The van der Waals surface area contributed by atoms with Gasteiger partial charge in [0.05, 0.1) is 11.9 Å². The molecule has 82 valence electrons. The monoisotopic (exact) mass is 234 g/mol. The van der Waals surface area contributed by atoms with Crippen molar-refractivity contribution in [1.29, 1.82) is 0 Å². The molecule has 5 nitrogen and oxygen atoms in total. The number of nitrogens with one attached hydrogen (secondary N) is 2. The summed E-state index contributed by atoms with van der Waals surface area (Å²) in [5.74, 6) is -0.252. The van der Waals surface area contributed by atoms with Crippen molar-refractivity contribution in [1.82, 2.24) is 9.97 Å². The maximum atomic E-state index is 11.7. The van der Waals surface area contributed by atoms with Crippen LogP contribution < -0.4 is 10.6 Å². The fourth-order valence-corrected chi connectivity index (χ4v) is 1.65. The Morgan fingerprint density at radius 1 is 1.38 bits per heavy atom. The Kier molecular flexibility index (Phi) is 3.11. The third-order valence-corrected chi connectivity index (χ3v) is 2.63. The van der Waals surface area contributed by atoms with Crippen molar-refractivity contribution in [3.05, 3.63) is 35.6 Å². The third kappa shape index (κ3) is 2.34. The van der Waals surface area contributed by atoms with Crippen LogP contribution in [0.1, 0.15) is 10.5 Å². The van der Waals surface area contributed by atoms with Gasteiger partial charge in [-0.15, -0.1) is 11.3 Å². The van der Waals surface area contributed by atoms with Gasteiger partial charge in [-0.1, -0.05) is 0 Å². The average molecular weight is 234 g/mol.